The number of methoxy groups -OCH3 is 1. The quantitative estimate of drug-likeness (QED) is 0.846. The fraction of sp³-hybridized carbons (Fsp3) is 0.462. The van der Waals surface area contributed by atoms with Gasteiger partial charge in [-0.25, -0.2) is 0 Å². The van der Waals surface area contributed by atoms with Gasteiger partial charge in [0.1, 0.15) is 11.4 Å². The monoisotopic (exact) mass is 219 g/mol. The molecule has 0 radical (unpaired) electrons. The van der Waals surface area contributed by atoms with Crippen LogP contribution in [0, 0.1) is 17.2 Å². The maximum Gasteiger partial charge on any atom is 0.118 e. The van der Waals surface area contributed by atoms with Gasteiger partial charge in [0.05, 0.1) is 19.1 Å². The summed E-state index contributed by atoms with van der Waals surface area (Å²) in [6, 6.07) is 9.29. The molecular weight excluding hydrogens is 202 g/mol. The Balaban J connectivity index is 3.02. The van der Waals surface area contributed by atoms with Crippen LogP contribution < -0.4 is 4.74 Å². The molecule has 3 nitrogen and oxygen atoms in total. The fourth-order valence-corrected chi connectivity index (χ4v) is 1.74. The van der Waals surface area contributed by atoms with Gasteiger partial charge in [0.25, 0.3) is 0 Å². The maximum atomic E-state index is 10.3. The Morgan fingerprint density at radius 1 is 1.44 bits per heavy atom. The van der Waals surface area contributed by atoms with E-state index in [0.717, 1.165) is 11.3 Å². The van der Waals surface area contributed by atoms with Gasteiger partial charge in [-0.15, -0.1) is 0 Å². The van der Waals surface area contributed by atoms with Crippen molar-refractivity contribution in [1.82, 2.24) is 0 Å². The Labute approximate surface area is 96.3 Å². The van der Waals surface area contributed by atoms with Crippen LogP contribution in [0.4, 0.5) is 0 Å². The molecule has 0 heterocycles. The lowest BCUT2D eigenvalue weighted by Gasteiger charge is -2.28. The lowest BCUT2D eigenvalue weighted by Crippen LogP contribution is -2.30. The molecule has 1 aromatic carbocycles. The van der Waals surface area contributed by atoms with E-state index in [2.05, 4.69) is 6.07 Å². The van der Waals surface area contributed by atoms with Crippen molar-refractivity contribution < 1.29 is 9.84 Å². The summed E-state index contributed by atoms with van der Waals surface area (Å²) in [4.78, 5) is 0. The van der Waals surface area contributed by atoms with E-state index >= 15 is 0 Å². The van der Waals surface area contributed by atoms with Crippen molar-refractivity contribution in [1.29, 1.82) is 5.26 Å². The first-order chi connectivity index (χ1) is 7.56. The minimum Gasteiger partial charge on any atom is -0.497 e. The van der Waals surface area contributed by atoms with Gasteiger partial charge in [0.2, 0.25) is 0 Å². The number of hydrogen-bond acceptors (Lipinski definition) is 3. The molecule has 0 aliphatic carbocycles. The predicted molar refractivity (Wildman–Crippen MR) is 62.0 cm³/mol. The summed E-state index contributed by atoms with van der Waals surface area (Å²) in [6.07, 6.45) is 0.621. The highest BCUT2D eigenvalue weighted by molar-refractivity contribution is 5.31. The number of nitrogens with zero attached hydrogens (tertiary/aromatic N) is 1. The Kier molecular flexibility index (Phi) is 3.92. The molecule has 86 valence electrons. The number of hydrogen-bond donors (Lipinski definition) is 1. The van der Waals surface area contributed by atoms with Gasteiger partial charge < -0.3 is 9.84 Å². The van der Waals surface area contributed by atoms with Crippen LogP contribution >= 0.6 is 0 Å². The van der Waals surface area contributed by atoms with Gasteiger partial charge in [0.15, 0.2) is 0 Å². The van der Waals surface area contributed by atoms with Gasteiger partial charge in [0, 0.05) is 0 Å². The van der Waals surface area contributed by atoms with Crippen molar-refractivity contribution in [2.45, 2.75) is 25.9 Å². The maximum absolute atomic E-state index is 10.3. The molecule has 2 unspecified atom stereocenters. The second-order valence-corrected chi connectivity index (χ2v) is 3.97. The first kappa shape index (κ1) is 12.5. The summed E-state index contributed by atoms with van der Waals surface area (Å²) < 4.78 is 5.05. The molecule has 0 fully saturated rings. The standard InChI is InChI=1S/C13H17NO2/c1-4-10(9-14)13(2,15)11-5-7-12(16-3)8-6-11/h5-8,10,15H,4H2,1-3H3. The fourth-order valence-electron chi connectivity index (χ4n) is 1.74. The van der Waals surface area contributed by atoms with E-state index < -0.39 is 11.5 Å². The van der Waals surface area contributed by atoms with E-state index in [9.17, 15) is 5.11 Å². The molecule has 0 saturated carbocycles. The van der Waals surface area contributed by atoms with Crippen LogP contribution in [0.1, 0.15) is 25.8 Å². The van der Waals surface area contributed by atoms with Crippen LogP contribution in [0.3, 0.4) is 0 Å². The lowest BCUT2D eigenvalue weighted by molar-refractivity contribution is 0.0151. The number of ether oxygens (including phenoxy) is 1. The third-order valence-electron chi connectivity index (χ3n) is 2.92. The minimum atomic E-state index is -1.12. The van der Waals surface area contributed by atoms with Crippen LogP contribution in [-0.2, 0) is 5.60 Å². The van der Waals surface area contributed by atoms with Gasteiger partial charge >= 0.3 is 0 Å². The van der Waals surface area contributed by atoms with E-state index in [-0.39, 0.29) is 0 Å². The van der Waals surface area contributed by atoms with Crippen LogP contribution in [0.5, 0.6) is 5.75 Å². The highest BCUT2D eigenvalue weighted by atomic mass is 16.5. The van der Waals surface area contributed by atoms with Gasteiger partial charge in [-0.05, 0) is 31.0 Å². The molecule has 0 saturated heterocycles. The van der Waals surface area contributed by atoms with E-state index in [1.54, 1.807) is 38.3 Å². The Hall–Kier alpha value is -1.53. The van der Waals surface area contributed by atoms with E-state index in [1.807, 2.05) is 6.92 Å². The smallest absolute Gasteiger partial charge is 0.118 e. The average molecular weight is 219 g/mol. The van der Waals surface area contributed by atoms with E-state index in [0.29, 0.717) is 6.42 Å². The van der Waals surface area contributed by atoms with Crippen molar-refractivity contribution in [3.05, 3.63) is 29.8 Å². The van der Waals surface area contributed by atoms with E-state index in [1.165, 1.54) is 0 Å². The van der Waals surface area contributed by atoms with Crippen molar-refractivity contribution in [2.24, 2.45) is 5.92 Å². The summed E-state index contributed by atoms with van der Waals surface area (Å²) >= 11 is 0. The molecule has 1 rings (SSSR count). The molecule has 1 N–H and O–H groups in total. The molecular formula is C13H17NO2. The molecule has 0 bridgehead atoms. The zero-order valence-electron chi connectivity index (χ0n) is 9.90. The third kappa shape index (κ3) is 2.34. The molecule has 3 heteroatoms. The summed E-state index contributed by atoms with van der Waals surface area (Å²) in [5, 5.41) is 19.3. The minimum absolute atomic E-state index is 0.402. The number of nitriles is 1. The van der Waals surface area contributed by atoms with E-state index in [4.69, 9.17) is 10.00 Å². The zero-order valence-corrected chi connectivity index (χ0v) is 9.90. The summed E-state index contributed by atoms with van der Waals surface area (Å²) in [5.74, 6) is 0.338. The SMILES string of the molecule is CCC(C#N)C(C)(O)c1ccc(OC)cc1. The third-order valence-corrected chi connectivity index (χ3v) is 2.92. The van der Waals surface area contributed by atoms with Crippen LogP contribution in [0.15, 0.2) is 24.3 Å². The van der Waals surface area contributed by atoms with Crippen molar-refractivity contribution in [2.75, 3.05) is 7.11 Å². The molecule has 2 atom stereocenters. The van der Waals surface area contributed by atoms with Gasteiger partial charge in [-0.3, -0.25) is 0 Å². The van der Waals surface area contributed by atoms with Gasteiger partial charge in [-0.2, -0.15) is 5.26 Å². The lowest BCUT2D eigenvalue weighted by atomic mass is 9.82. The van der Waals surface area contributed by atoms with Crippen LogP contribution in [-0.4, -0.2) is 12.2 Å². The molecule has 16 heavy (non-hydrogen) atoms. The first-order valence-electron chi connectivity index (χ1n) is 5.32. The van der Waals surface area contributed by atoms with Crippen molar-refractivity contribution >= 4 is 0 Å². The van der Waals surface area contributed by atoms with Crippen molar-refractivity contribution in [3.63, 3.8) is 0 Å². The highest BCUT2D eigenvalue weighted by Crippen LogP contribution is 2.31. The van der Waals surface area contributed by atoms with Crippen LogP contribution in [0.25, 0.3) is 0 Å². The topological polar surface area (TPSA) is 53.2 Å². The molecule has 0 amide bonds. The molecule has 0 aliphatic rings. The predicted octanol–water partition coefficient (Wildman–Crippen LogP) is 2.45. The van der Waals surface area contributed by atoms with Crippen LogP contribution in [0.2, 0.25) is 0 Å². The molecule has 1 aromatic rings. The normalized spacial score (nSPS) is 15.9. The highest BCUT2D eigenvalue weighted by Gasteiger charge is 2.32. The molecule has 0 aromatic heterocycles. The summed E-state index contributed by atoms with van der Waals surface area (Å²) in [7, 11) is 1.59. The Bertz CT molecular complexity index is 376. The van der Waals surface area contributed by atoms with Crippen molar-refractivity contribution in [3.8, 4) is 11.8 Å². The summed E-state index contributed by atoms with van der Waals surface area (Å²) in [6.45, 7) is 3.57. The van der Waals surface area contributed by atoms with Gasteiger partial charge in [-0.1, -0.05) is 19.1 Å². The second kappa shape index (κ2) is 5.00. The number of aliphatic hydroxyl groups is 1. The Morgan fingerprint density at radius 3 is 2.38 bits per heavy atom. The largest absolute Gasteiger partial charge is 0.497 e. The number of rotatable bonds is 4. The first-order valence-corrected chi connectivity index (χ1v) is 5.32. The summed E-state index contributed by atoms with van der Waals surface area (Å²) in [5.41, 5.74) is -0.378. The average Bonchev–Trinajstić information content (AvgIpc) is 2.30. The second-order valence-electron chi connectivity index (χ2n) is 3.97. The molecule has 0 aliphatic heterocycles. The molecule has 0 spiro atoms. The Morgan fingerprint density at radius 2 is 2.00 bits per heavy atom. The number of benzene rings is 1. The zero-order chi connectivity index (χ0) is 12.2.